The molecule has 13 heavy (non-hydrogen) atoms. The molecule has 6 heteroatoms. The number of nitrogen functional groups attached to an aromatic ring is 1. The third-order valence-electron chi connectivity index (χ3n) is 1.37. The molecule has 1 aromatic rings. The number of alkyl halides is 1. The van der Waals surface area contributed by atoms with Gasteiger partial charge in [-0.15, -0.1) is 11.6 Å². The van der Waals surface area contributed by atoms with Crippen LogP contribution in [-0.2, 0) is 0 Å². The highest BCUT2D eigenvalue weighted by Crippen LogP contribution is 2.26. The van der Waals surface area contributed by atoms with E-state index in [4.69, 9.17) is 28.9 Å². The fourth-order valence-electron chi connectivity index (χ4n) is 0.706. The van der Waals surface area contributed by atoms with Crippen LogP contribution < -0.4 is 5.73 Å². The third kappa shape index (κ3) is 2.33. The summed E-state index contributed by atoms with van der Waals surface area (Å²) < 4.78 is 0.543. The lowest BCUT2D eigenvalue weighted by atomic mass is 10.2. The normalized spacial score (nSPS) is 10.1. The van der Waals surface area contributed by atoms with E-state index in [2.05, 4.69) is 20.9 Å². The number of nitrogens with zero attached hydrogens (tertiary/aromatic N) is 1. The zero-order valence-electron chi connectivity index (χ0n) is 6.35. The molecule has 0 saturated heterocycles. The molecule has 1 heterocycles. The number of Topliss-reactive ketones (excluding diaryl/α,β-unsaturated/α-hetero) is 1. The average Bonchev–Trinajstić information content (AvgIpc) is 2.12. The number of anilines is 1. The SMILES string of the molecule is Nc1c(Br)cc(C(=O)CCl)nc1Cl. The number of nitrogens with two attached hydrogens (primary N) is 1. The van der Waals surface area contributed by atoms with Crippen molar-refractivity contribution in [3.63, 3.8) is 0 Å². The molecule has 0 unspecified atom stereocenters. The van der Waals surface area contributed by atoms with E-state index in [-0.39, 0.29) is 22.5 Å². The van der Waals surface area contributed by atoms with Crippen LogP contribution in [0.15, 0.2) is 10.5 Å². The van der Waals surface area contributed by atoms with Gasteiger partial charge in [0.15, 0.2) is 10.9 Å². The molecule has 0 aliphatic rings. The summed E-state index contributed by atoms with van der Waals surface area (Å²) in [6, 6.07) is 1.49. The van der Waals surface area contributed by atoms with Crippen LogP contribution in [0.2, 0.25) is 5.15 Å². The Bertz CT molecular complexity index is 333. The largest absolute Gasteiger partial charge is 0.395 e. The molecule has 3 nitrogen and oxygen atoms in total. The van der Waals surface area contributed by atoms with Crippen LogP contribution in [0, 0.1) is 0 Å². The van der Waals surface area contributed by atoms with Gasteiger partial charge in [-0.05, 0) is 22.0 Å². The van der Waals surface area contributed by atoms with Crippen LogP contribution in [-0.4, -0.2) is 16.6 Å². The summed E-state index contributed by atoms with van der Waals surface area (Å²) in [5, 5.41) is 0.0999. The Balaban J connectivity index is 3.20. The first-order valence-electron chi connectivity index (χ1n) is 3.27. The molecule has 70 valence electrons. The molecular formula is C7H5BrCl2N2O. The number of carbonyl (C=O) groups is 1. The van der Waals surface area contributed by atoms with Crippen molar-refractivity contribution in [2.45, 2.75) is 0 Å². The molecule has 0 atom stereocenters. The van der Waals surface area contributed by atoms with Crippen molar-refractivity contribution >= 4 is 50.6 Å². The van der Waals surface area contributed by atoms with Crippen LogP contribution in [0.25, 0.3) is 0 Å². The predicted octanol–water partition coefficient (Wildman–Crippen LogP) is 2.50. The summed E-state index contributed by atoms with van der Waals surface area (Å²) in [6.07, 6.45) is 0. The molecule has 0 amide bonds. The number of carbonyl (C=O) groups excluding carboxylic acids is 1. The monoisotopic (exact) mass is 282 g/mol. The van der Waals surface area contributed by atoms with Crippen LogP contribution in [0.4, 0.5) is 5.69 Å². The molecular weight excluding hydrogens is 279 g/mol. The molecule has 2 N–H and O–H groups in total. The molecule has 1 rings (SSSR count). The maximum absolute atomic E-state index is 11.1. The van der Waals surface area contributed by atoms with Gasteiger partial charge in [0.05, 0.1) is 11.6 Å². The molecule has 0 aromatic carbocycles. The number of ketones is 1. The third-order valence-corrected chi connectivity index (χ3v) is 2.56. The Hall–Kier alpha value is -0.320. The van der Waals surface area contributed by atoms with Crippen LogP contribution in [0.3, 0.4) is 0 Å². The van der Waals surface area contributed by atoms with Crippen molar-refractivity contribution in [3.05, 3.63) is 21.4 Å². The zero-order chi connectivity index (χ0) is 10.0. The molecule has 0 saturated carbocycles. The summed E-state index contributed by atoms with van der Waals surface area (Å²) in [6.45, 7) is 0. The molecule has 1 aromatic heterocycles. The molecule has 0 aliphatic heterocycles. The van der Waals surface area contributed by atoms with Gasteiger partial charge in [-0.1, -0.05) is 11.6 Å². The second-order valence-corrected chi connectivity index (χ2v) is 3.73. The van der Waals surface area contributed by atoms with E-state index in [0.717, 1.165) is 0 Å². The molecule has 0 aliphatic carbocycles. The number of hydrogen-bond donors (Lipinski definition) is 1. The first-order valence-corrected chi connectivity index (χ1v) is 4.97. The highest BCUT2D eigenvalue weighted by atomic mass is 79.9. The first kappa shape index (κ1) is 10.8. The van der Waals surface area contributed by atoms with E-state index < -0.39 is 0 Å². The fourth-order valence-corrected chi connectivity index (χ4v) is 1.55. The summed E-state index contributed by atoms with van der Waals surface area (Å²) in [5.41, 5.74) is 6.03. The second-order valence-electron chi connectivity index (χ2n) is 2.25. The Morgan fingerprint density at radius 1 is 1.69 bits per heavy atom. The predicted molar refractivity (Wildman–Crippen MR) is 56.4 cm³/mol. The van der Waals surface area contributed by atoms with Crippen LogP contribution >= 0.6 is 39.1 Å². The van der Waals surface area contributed by atoms with Gasteiger partial charge in [0.25, 0.3) is 0 Å². The van der Waals surface area contributed by atoms with Crippen LogP contribution in [0.1, 0.15) is 10.5 Å². The molecule has 0 radical (unpaired) electrons. The lowest BCUT2D eigenvalue weighted by Gasteiger charge is -2.02. The quantitative estimate of drug-likeness (QED) is 0.515. The topological polar surface area (TPSA) is 56.0 Å². The summed E-state index contributed by atoms with van der Waals surface area (Å²) in [5.74, 6) is -0.413. The van der Waals surface area contributed by atoms with Crippen molar-refractivity contribution in [2.24, 2.45) is 0 Å². The minimum atomic E-state index is -0.288. The van der Waals surface area contributed by atoms with E-state index in [9.17, 15) is 4.79 Å². The number of rotatable bonds is 2. The standard InChI is InChI=1S/C7H5BrCl2N2O/c8-3-1-4(5(13)2-9)12-7(10)6(3)11/h1H,2,11H2. The van der Waals surface area contributed by atoms with Gasteiger partial charge in [-0.2, -0.15) is 0 Å². The highest BCUT2D eigenvalue weighted by molar-refractivity contribution is 9.10. The summed E-state index contributed by atoms with van der Waals surface area (Å²) in [4.78, 5) is 14.9. The van der Waals surface area contributed by atoms with Gasteiger partial charge in [-0.25, -0.2) is 4.98 Å². The van der Waals surface area contributed by atoms with Gasteiger partial charge >= 0.3 is 0 Å². The minimum Gasteiger partial charge on any atom is -0.395 e. The fraction of sp³-hybridized carbons (Fsp3) is 0.143. The van der Waals surface area contributed by atoms with E-state index in [1.165, 1.54) is 6.07 Å². The Morgan fingerprint density at radius 2 is 2.31 bits per heavy atom. The van der Waals surface area contributed by atoms with Crippen molar-refractivity contribution in [2.75, 3.05) is 11.6 Å². The van der Waals surface area contributed by atoms with E-state index in [0.29, 0.717) is 10.2 Å². The van der Waals surface area contributed by atoms with E-state index in [1.54, 1.807) is 0 Å². The van der Waals surface area contributed by atoms with Gasteiger partial charge in [0, 0.05) is 4.47 Å². The van der Waals surface area contributed by atoms with Gasteiger partial charge in [-0.3, -0.25) is 4.79 Å². The van der Waals surface area contributed by atoms with Crippen LogP contribution in [0.5, 0.6) is 0 Å². The van der Waals surface area contributed by atoms with Crippen molar-refractivity contribution < 1.29 is 4.79 Å². The summed E-state index contributed by atoms with van der Waals surface area (Å²) in [7, 11) is 0. The molecule has 0 bridgehead atoms. The average molecular weight is 284 g/mol. The lowest BCUT2D eigenvalue weighted by Crippen LogP contribution is -2.05. The maximum atomic E-state index is 11.1. The van der Waals surface area contributed by atoms with Gasteiger partial charge in [0.2, 0.25) is 0 Å². The van der Waals surface area contributed by atoms with E-state index in [1.807, 2.05) is 0 Å². The first-order chi connectivity index (χ1) is 6.06. The van der Waals surface area contributed by atoms with Crippen molar-refractivity contribution in [3.8, 4) is 0 Å². The molecule has 0 fully saturated rings. The van der Waals surface area contributed by atoms with Crippen molar-refractivity contribution in [1.29, 1.82) is 0 Å². The molecule has 0 spiro atoms. The van der Waals surface area contributed by atoms with E-state index >= 15 is 0 Å². The van der Waals surface area contributed by atoms with Gasteiger partial charge in [0.1, 0.15) is 5.69 Å². The zero-order valence-corrected chi connectivity index (χ0v) is 9.45. The highest BCUT2D eigenvalue weighted by Gasteiger charge is 2.11. The summed E-state index contributed by atoms with van der Waals surface area (Å²) >= 11 is 14.2. The minimum absolute atomic E-state index is 0.0999. The Kier molecular flexibility index (Phi) is 3.53. The smallest absolute Gasteiger partial charge is 0.195 e. The van der Waals surface area contributed by atoms with Gasteiger partial charge < -0.3 is 5.73 Å². The Labute approximate surface area is 93.4 Å². The second kappa shape index (κ2) is 4.26. The van der Waals surface area contributed by atoms with Crippen molar-refractivity contribution in [1.82, 2.24) is 4.98 Å². The Morgan fingerprint density at radius 3 is 2.77 bits per heavy atom. The number of pyridine rings is 1. The maximum Gasteiger partial charge on any atom is 0.195 e. The lowest BCUT2D eigenvalue weighted by molar-refractivity contribution is 0.101. The number of aromatic nitrogens is 1. The number of hydrogen-bond acceptors (Lipinski definition) is 3. The number of halogens is 3.